The first kappa shape index (κ1) is 29.6. The van der Waals surface area contributed by atoms with Gasteiger partial charge in [0.2, 0.25) is 0 Å². The van der Waals surface area contributed by atoms with Crippen LogP contribution in [-0.4, -0.2) is 55.9 Å². The highest BCUT2D eigenvalue weighted by atomic mass is 35.5. The van der Waals surface area contributed by atoms with Crippen molar-refractivity contribution in [3.63, 3.8) is 0 Å². The minimum Gasteiger partial charge on any atom is -0.489 e. The number of carbonyl (C=O) groups excluding carboxylic acids is 1. The minimum absolute atomic E-state index is 0.165. The van der Waals surface area contributed by atoms with Crippen molar-refractivity contribution in [3.8, 4) is 17.0 Å². The second kappa shape index (κ2) is 11.6. The molecular formula is C23H28ClF3N6O4. The predicted octanol–water partition coefficient (Wildman–Crippen LogP) is 3.99. The molecule has 0 atom stereocenters. The van der Waals surface area contributed by atoms with Crippen molar-refractivity contribution in [1.29, 1.82) is 0 Å². The van der Waals surface area contributed by atoms with Crippen molar-refractivity contribution in [3.05, 3.63) is 46.9 Å². The summed E-state index contributed by atoms with van der Waals surface area (Å²) in [7, 11) is 3.55. The Morgan fingerprint density at radius 1 is 1.19 bits per heavy atom. The van der Waals surface area contributed by atoms with Gasteiger partial charge >= 0.3 is 12.1 Å². The van der Waals surface area contributed by atoms with Gasteiger partial charge in [-0.25, -0.2) is 4.79 Å². The number of nitrogens with one attached hydrogen (secondary N) is 1. The van der Waals surface area contributed by atoms with Gasteiger partial charge in [0.1, 0.15) is 12.3 Å². The minimum atomic E-state index is -5.08. The molecule has 0 unspecified atom stereocenters. The molecule has 0 bridgehead atoms. The van der Waals surface area contributed by atoms with Crippen molar-refractivity contribution in [2.45, 2.75) is 32.4 Å². The summed E-state index contributed by atoms with van der Waals surface area (Å²) < 4.78 is 40.9. The molecule has 2 heterocycles. The number of anilines is 1. The number of carboxylic acids is 1. The number of halogens is 4. The lowest BCUT2D eigenvalue weighted by atomic mass is 9.92. The summed E-state index contributed by atoms with van der Waals surface area (Å²) in [5, 5.41) is 19.2. The van der Waals surface area contributed by atoms with Crippen LogP contribution in [0.4, 0.5) is 18.9 Å². The van der Waals surface area contributed by atoms with Crippen LogP contribution in [0.2, 0.25) is 5.02 Å². The molecule has 0 aliphatic heterocycles. The molecular weight excluding hydrogens is 517 g/mol. The van der Waals surface area contributed by atoms with Crippen molar-refractivity contribution >= 4 is 29.2 Å². The second-order valence-corrected chi connectivity index (χ2v) is 9.24. The molecule has 0 aliphatic rings. The van der Waals surface area contributed by atoms with Gasteiger partial charge in [-0.05, 0) is 18.2 Å². The third-order valence-corrected chi connectivity index (χ3v) is 5.18. The molecule has 2 aromatic heterocycles. The standard InChI is InChI=1S/C21H27ClN6O2.C2HF3O2/c1-21(2,3)17-11-16(27(4)26-17)20(29)25-15-8-6-7-13(19(15)30-10-9-23)18-14(22)12-24-28(18)5;3-2(4,5)1(6)7/h6-8,11-12H,9-10,23H2,1-5H3,(H,25,29);(H,6,7). The van der Waals surface area contributed by atoms with Gasteiger partial charge < -0.3 is 20.9 Å². The first-order valence-electron chi connectivity index (χ1n) is 10.9. The maximum Gasteiger partial charge on any atom is 0.490 e. The molecule has 0 saturated heterocycles. The summed E-state index contributed by atoms with van der Waals surface area (Å²) in [6.45, 7) is 6.78. The highest BCUT2D eigenvalue weighted by Crippen LogP contribution is 2.39. The molecule has 4 N–H and O–H groups in total. The van der Waals surface area contributed by atoms with E-state index in [1.807, 2.05) is 12.1 Å². The number of rotatable bonds is 6. The monoisotopic (exact) mass is 544 g/mol. The molecule has 202 valence electrons. The summed E-state index contributed by atoms with van der Waals surface area (Å²) >= 11 is 6.34. The Hall–Kier alpha value is -3.58. The number of aryl methyl sites for hydroxylation is 2. The molecule has 0 saturated carbocycles. The van der Waals surface area contributed by atoms with Crippen LogP contribution in [0.3, 0.4) is 0 Å². The van der Waals surface area contributed by atoms with E-state index in [9.17, 15) is 18.0 Å². The van der Waals surface area contributed by atoms with Gasteiger partial charge in [0.15, 0.2) is 5.75 Å². The largest absolute Gasteiger partial charge is 0.490 e. The number of carboxylic acid groups (broad SMARTS) is 1. The third kappa shape index (κ3) is 7.46. The number of para-hydroxylation sites is 1. The van der Waals surface area contributed by atoms with Gasteiger partial charge in [-0.3, -0.25) is 14.2 Å². The molecule has 0 spiro atoms. The van der Waals surface area contributed by atoms with E-state index in [0.717, 1.165) is 5.69 Å². The zero-order valence-corrected chi connectivity index (χ0v) is 21.6. The topological polar surface area (TPSA) is 137 Å². The highest BCUT2D eigenvalue weighted by molar-refractivity contribution is 6.33. The molecule has 0 fully saturated rings. The quantitative estimate of drug-likeness (QED) is 0.426. The Bertz CT molecular complexity index is 1240. The Kier molecular flexibility index (Phi) is 9.33. The number of aromatic nitrogens is 4. The van der Waals surface area contributed by atoms with Crippen LogP contribution in [0.25, 0.3) is 11.3 Å². The SMILES string of the molecule is Cn1nc(C(C)(C)C)cc1C(=O)Nc1cccc(-c2c(Cl)cnn2C)c1OCCN.O=C(O)C(F)(F)F. The molecule has 10 nitrogen and oxygen atoms in total. The first-order valence-corrected chi connectivity index (χ1v) is 11.3. The molecule has 1 aromatic carbocycles. The zero-order valence-electron chi connectivity index (χ0n) is 20.9. The van der Waals surface area contributed by atoms with E-state index in [2.05, 4.69) is 36.3 Å². The number of amides is 1. The Morgan fingerprint density at radius 3 is 2.27 bits per heavy atom. The second-order valence-electron chi connectivity index (χ2n) is 8.83. The number of benzene rings is 1. The fraction of sp³-hybridized carbons (Fsp3) is 0.391. The fourth-order valence-corrected chi connectivity index (χ4v) is 3.35. The number of carbonyl (C=O) groups is 2. The summed E-state index contributed by atoms with van der Waals surface area (Å²) in [4.78, 5) is 21.9. The van der Waals surface area contributed by atoms with E-state index in [1.165, 1.54) is 0 Å². The van der Waals surface area contributed by atoms with E-state index in [0.29, 0.717) is 40.0 Å². The number of alkyl halides is 3. The lowest BCUT2D eigenvalue weighted by Crippen LogP contribution is -2.21. The number of nitrogens with two attached hydrogens (primary N) is 1. The lowest BCUT2D eigenvalue weighted by Gasteiger charge is -2.17. The maximum absolute atomic E-state index is 13.0. The smallest absolute Gasteiger partial charge is 0.489 e. The molecule has 1 amide bonds. The average Bonchev–Trinajstić information content (AvgIpc) is 3.34. The Labute approximate surface area is 216 Å². The summed E-state index contributed by atoms with van der Waals surface area (Å²) in [5.41, 5.74) is 8.69. The normalized spacial score (nSPS) is 11.5. The number of nitrogens with zero attached hydrogens (tertiary/aromatic N) is 4. The average molecular weight is 545 g/mol. The number of aliphatic carboxylic acids is 1. The van der Waals surface area contributed by atoms with E-state index in [-0.39, 0.29) is 17.9 Å². The summed E-state index contributed by atoms with van der Waals surface area (Å²) in [6.07, 6.45) is -3.52. The molecule has 3 rings (SSSR count). The third-order valence-electron chi connectivity index (χ3n) is 4.90. The van der Waals surface area contributed by atoms with Gasteiger partial charge in [-0.2, -0.15) is 23.4 Å². The number of hydrogen-bond donors (Lipinski definition) is 3. The van der Waals surface area contributed by atoms with Gasteiger partial charge in [0.25, 0.3) is 5.91 Å². The van der Waals surface area contributed by atoms with E-state index in [1.54, 1.807) is 41.8 Å². The number of ether oxygens (including phenoxy) is 1. The van der Waals surface area contributed by atoms with Crippen molar-refractivity contribution in [2.75, 3.05) is 18.5 Å². The zero-order chi connectivity index (χ0) is 28.1. The van der Waals surface area contributed by atoms with Crippen LogP contribution >= 0.6 is 11.6 Å². The van der Waals surface area contributed by atoms with Gasteiger partial charge in [-0.1, -0.05) is 38.4 Å². The molecule has 0 radical (unpaired) electrons. The van der Waals surface area contributed by atoms with Crippen molar-refractivity contribution < 1.29 is 32.6 Å². The summed E-state index contributed by atoms with van der Waals surface area (Å²) in [5.74, 6) is -2.56. The Balaban J connectivity index is 0.000000604. The first-order chi connectivity index (χ1) is 17.1. The molecule has 37 heavy (non-hydrogen) atoms. The predicted molar refractivity (Wildman–Crippen MR) is 132 cm³/mol. The molecule has 14 heteroatoms. The fourth-order valence-electron chi connectivity index (χ4n) is 3.08. The Morgan fingerprint density at radius 2 is 1.81 bits per heavy atom. The molecule has 0 aliphatic carbocycles. The maximum atomic E-state index is 13.0. The van der Waals surface area contributed by atoms with Crippen LogP contribution in [0.1, 0.15) is 37.0 Å². The van der Waals surface area contributed by atoms with Gasteiger partial charge in [0, 0.05) is 31.6 Å². The van der Waals surface area contributed by atoms with Crippen molar-refractivity contribution in [2.24, 2.45) is 19.8 Å². The number of hydrogen-bond acceptors (Lipinski definition) is 6. The van der Waals surface area contributed by atoms with E-state index >= 15 is 0 Å². The van der Waals surface area contributed by atoms with Gasteiger partial charge in [-0.15, -0.1) is 0 Å². The molecule has 3 aromatic rings. The summed E-state index contributed by atoms with van der Waals surface area (Å²) in [6, 6.07) is 7.27. The van der Waals surface area contributed by atoms with Crippen molar-refractivity contribution in [1.82, 2.24) is 19.6 Å². The van der Waals surface area contributed by atoms with Gasteiger partial charge in [0.05, 0.1) is 28.3 Å². The van der Waals surface area contributed by atoms with E-state index in [4.69, 9.17) is 32.0 Å². The van der Waals surface area contributed by atoms with Crippen LogP contribution < -0.4 is 15.8 Å². The van der Waals surface area contributed by atoms with Crippen LogP contribution in [0.5, 0.6) is 5.75 Å². The van der Waals surface area contributed by atoms with E-state index < -0.39 is 12.1 Å². The van der Waals surface area contributed by atoms with Crippen LogP contribution in [0, 0.1) is 0 Å². The van der Waals surface area contributed by atoms with Crippen LogP contribution in [0.15, 0.2) is 30.5 Å². The highest BCUT2D eigenvalue weighted by Gasteiger charge is 2.38. The lowest BCUT2D eigenvalue weighted by molar-refractivity contribution is -0.192. The van der Waals surface area contributed by atoms with Crippen LogP contribution in [-0.2, 0) is 24.3 Å².